The number of imide groups is 1. The van der Waals surface area contributed by atoms with E-state index < -0.39 is 5.97 Å². The van der Waals surface area contributed by atoms with Gasteiger partial charge in [-0.1, -0.05) is 6.92 Å². The number of carbonyl (C=O) groups excluding carboxylic acids is 3. The van der Waals surface area contributed by atoms with Crippen molar-refractivity contribution in [2.45, 2.75) is 32.8 Å². The summed E-state index contributed by atoms with van der Waals surface area (Å²) in [5.41, 5.74) is 1.22. The summed E-state index contributed by atoms with van der Waals surface area (Å²) in [4.78, 5) is 37.0. The zero-order chi connectivity index (χ0) is 18.0. The minimum atomic E-state index is -0.424. The number of hydrogen-bond acceptors (Lipinski definition) is 5. The first-order chi connectivity index (χ1) is 12.0. The Hall–Kier alpha value is -2.47. The number of nitrogens with zero attached hydrogens (tertiary/aromatic N) is 1. The molecule has 2 unspecified atom stereocenters. The first kappa shape index (κ1) is 17.4. The Balaban J connectivity index is 1.54. The van der Waals surface area contributed by atoms with Gasteiger partial charge in [0.25, 0.3) is 11.8 Å². The Morgan fingerprint density at radius 2 is 2.00 bits per heavy atom. The second-order valence-electron chi connectivity index (χ2n) is 6.32. The zero-order valence-electron chi connectivity index (χ0n) is 14.4. The molecule has 0 bridgehead atoms. The number of benzene rings is 1. The molecule has 1 aromatic rings. The molecule has 6 nitrogen and oxygen atoms in total. The van der Waals surface area contributed by atoms with Gasteiger partial charge >= 0.3 is 5.97 Å². The molecular weight excluding hydrogens is 322 g/mol. The molecule has 0 saturated carbocycles. The van der Waals surface area contributed by atoms with Crippen LogP contribution in [0.25, 0.3) is 0 Å². The Labute approximate surface area is 146 Å². The minimum absolute atomic E-state index is 0.183. The SMILES string of the molecule is CCC1COC1CCOC(=O)c1ccc(N2C(=O)C=C(C)C2=O)cc1. The summed E-state index contributed by atoms with van der Waals surface area (Å²) in [6, 6.07) is 6.25. The number of hydrogen-bond donors (Lipinski definition) is 0. The number of amides is 2. The van der Waals surface area contributed by atoms with Crippen molar-refractivity contribution in [3.63, 3.8) is 0 Å². The van der Waals surface area contributed by atoms with Gasteiger partial charge in [0.2, 0.25) is 0 Å². The number of esters is 1. The van der Waals surface area contributed by atoms with Gasteiger partial charge in [0.05, 0.1) is 30.6 Å². The van der Waals surface area contributed by atoms with Crippen molar-refractivity contribution < 1.29 is 23.9 Å². The van der Waals surface area contributed by atoms with Gasteiger partial charge in [-0.15, -0.1) is 0 Å². The molecule has 0 radical (unpaired) electrons. The standard InChI is InChI=1S/C19H21NO5/c1-3-13-11-25-16(13)8-9-24-19(23)14-4-6-15(7-5-14)20-17(21)10-12(2)18(20)22/h4-7,10,13,16H,3,8-9,11H2,1-2H3. The summed E-state index contributed by atoms with van der Waals surface area (Å²) >= 11 is 0. The fourth-order valence-electron chi connectivity index (χ4n) is 3.00. The molecule has 2 heterocycles. The number of anilines is 1. The Kier molecular flexibility index (Phi) is 4.99. The molecule has 0 N–H and O–H groups in total. The minimum Gasteiger partial charge on any atom is -0.462 e. The van der Waals surface area contributed by atoms with E-state index in [1.807, 2.05) is 0 Å². The van der Waals surface area contributed by atoms with Gasteiger partial charge in [-0.05, 0) is 37.6 Å². The molecule has 2 aliphatic heterocycles. The lowest BCUT2D eigenvalue weighted by Crippen LogP contribution is -2.40. The average molecular weight is 343 g/mol. The molecule has 1 aromatic carbocycles. The maximum absolute atomic E-state index is 12.1. The first-order valence-corrected chi connectivity index (χ1v) is 8.46. The highest BCUT2D eigenvalue weighted by atomic mass is 16.5. The van der Waals surface area contributed by atoms with Crippen LogP contribution >= 0.6 is 0 Å². The highest BCUT2D eigenvalue weighted by Crippen LogP contribution is 2.26. The molecule has 1 fully saturated rings. The largest absolute Gasteiger partial charge is 0.462 e. The van der Waals surface area contributed by atoms with Crippen LogP contribution in [0.2, 0.25) is 0 Å². The molecule has 2 amide bonds. The van der Waals surface area contributed by atoms with E-state index in [0.717, 1.165) is 17.9 Å². The van der Waals surface area contributed by atoms with Crippen molar-refractivity contribution in [1.82, 2.24) is 0 Å². The molecule has 6 heteroatoms. The lowest BCUT2D eigenvalue weighted by atomic mass is 9.93. The Morgan fingerprint density at radius 1 is 1.28 bits per heavy atom. The Morgan fingerprint density at radius 3 is 2.52 bits per heavy atom. The molecule has 0 spiro atoms. The van der Waals surface area contributed by atoms with Gasteiger partial charge in [-0.3, -0.25) is 9.59 Å². The summed E-state index contributed by atoms with van der Waals surface area (Å²) in [7, 11) is 0. The number of ether oxygens (including phenoxy) is 2. The van der Waals surface area contributed by atoms with E-state index in [1.54, 1.807) is 31.2 Å². The van der Waals surface area contributed by atoms with Gasteiger partial charge in [0.15, 0.2) is 0 Å². The van der Waals surface area contributed by atoms with Crippen molar-refractivity contribution in [3.05, 3.63) is 41.5 Å². The summed E-state index contributed by atoms with van der Waals surface area (Å²) < 4.78 is 10.7. The third kappa shape index (κ3) is 3.49. The lowest BCUT2D eigenvalue weighted by molar-refractivity contribution is -0.123. The zero-order valence-corrected chi connectivity index (χ0v) is 14.4. The molecule has 0 aliphatic carbocycles. The van der Waals surface area contributed by atoms with Gasteiger partial charge in [0.1, 0.15) is 0 Å². The van der Waals surface area contributed by atoms with Gasteiger partial charge in [0, 0.05) is 24.0 Å². The quantitative estimate of drug-likeness (QED) is 0.586. The average Bonchev–Trinajstić information content (AvgIpc) is 2.83. The second-order valence-corrected chi connectivity index (χ2v) is 6.32. The van der Waals surface area contributed by atoms with Crippen LogP contribution in [0.1, 0.15) is 37.0 Å². The van der Waals surface area contributed by atoms with Crippen LogP contribution in [0.15, 0.2) is 35.9 Å². The van der Waals surface area contributed by atoms with Crippen LogP contribution in [-0.2, 0) is 19.1 Å². The van der Waals surface area contributed by atoms with E-state index in [1.165, 1.54) is 6.08 Å². The predicted molar refractivity (Wildman–Crippen MR) is 91.1 cm³/mol. The predicted octanol–water partition coefficient (Wildman–Crippen LogP) is 2.48. The molecule has 25 heavy (non-hydrogen) atoms. The Bertz CT molecular complexity index is 720. The molecule has 0 aromatic heterocycles. The lowest BCUT2D eigenvalue weighted by Gasteiger charge is -2.36. The molecule has 132 valence electrons. The van der Waals surface area contributed by atoms with Crippen molar-refractivity contribution in [2.75, 3.05) is 18.1 Å². The van der Waals surface area contributed by atoms with Gasteiger partial charge < -0.3 is 9.47 Å². The normalized spacial score (nSPS) is 22.6. The summed E-state index contributed by atoms with van der Waals surface area (Å²) in [6.07, 6.45) is 3.26. The van der Waals surface area contributed by atoms with Crippen molar-refractivity contribution >= 4 is 23.5 Å². The van der Waals surface area contributed by atoms with Crippen molar-refractivity contribution in [2.24, 2.45) is 5.92 Å². The van der Waals surface area contributed by atoms with E-state index in [9.17, 15) is 14.4 Å². The molecular formula is C19H21NO5. The van der Waals surface area contributed by atoms with E-state index in [0.29, 0.717) is 35.8 Å². The molecule has 1 saturated heterocycles. The number of carbonyl (C=O) groups is 3. The monoisotopic (exact) mass is 343 g/mol. The molecule has 3 rings (SSSR count). The summed E-state index contributed by atoms with van der Waals surface area (Å²) in [6.45, 7) is 4.83. The highest BCUT2D eigenvalue weighted by Gasteiger charge is 2.31. The van der Waals surface area contributed by atoms with Gasteiger partial charge in [-0.2, -0.15) is 0 Å². The molecule has 2 aliphatic rings. The van der Waals surface area contributed by atoms with E-state index in [-0.39, 0.29) is 17.9 Å². The maximum atomic E-state index is 12.1. The van der Waals surface area contributed by atoms with Crippen LogP contribution in [0.4, 0.5) is 5.69 Å². The van der Waals surface area contributed by atoms with Crippen LogP contribution in [-0.4, -0.2) is 37.1 Å². The fourth-order valence-corrected chi connectivity index (χ4v) is 3.00. The summed E-state index contributed by atoms with van der Waals surface area (Å²) in [5.74, 6) is -0.576. The van der Waals surface area contributed by atoms with E-state index in [4.69, 9.17) is 9.47 Å². The van der Waals surface area contributed by atoms with Crippen LogP contribution in [0.3, 0.4) is 0 Å². The summed E-state index contributed by atoms with van der Waals surface area (Å²) in [5, 5.41) is 0. The first-order valence-electron chi connectivity index (χ1n) is 8.46. The van der Waals surface area contributed by atoms with Crippen molar-refractivity contribution in [1.29, 1.82) is 0 Å². The second kappa shape index (κ2) is 7.19. The third-order valence-corrected chi connectivity index (χ3v) is 4.67. The van der Waals surface area contributed by atoms with Crippen molar-refractivity contribution in [3.8, 4) is 0 Å². The third-order valence-electron chi connectivity index (χ3n) is 4.67. The molecule has 2 atom stereocenters. The fraction of sp³-hybridized carbons (Fsp3) is 0.421. The topological polar surface area (TPSA) is 72.9 Å². The van der Waals surface area contributed by atoms with E-state index >= 15 is 0 Å². The smallest absolute Gasteiger partial charge is 0.338 e. The van der Waals surface area contributed by atoms with Crippen LogP contribution in [0.5, 0.6) is 0 Å². The van der Waals surface area contributed by atoms with Gasteiger partial charge in [-0.25, -0.2) is 9.69 Å². The van der Waals surface area contributed by atoms with Crippen LogP contribution in [0, 0.1) is 5.92 Å². The number of rotatable bonds is 6. The van der Waals surface area contributed by atoms with Crippen LogP contribution < -0.4 is 4.90 Å². The highest BCUT2D eigenvalue weighted by molar-refractivity contribution is 6.30. The maximum Gasteiger partial charge on any atom is 0.338 e. The van der Waals surface area contributed by atoms with E-state index in [2.05, 4.69) is 6.92 Å².